The summed E-state index contributed by atoms with van der Waals surface area (Å²) >= 11 is 7.86. The van der Waals surface area contributed by atoms with Crippen LogP contribution in [-0.2, 0) is 13.0 Å². The Labute approximate surface area is 174 Å². The normalized spacial score (nSPS) is 11.2. The maximum Gasteiger partial charge on any atom is 0.119 e. The molecule has 3 nitrogen and oxygen atoms in total. The summed E-state index contributed by atoms with van der Waals surface area (Å²) in [6.07, 6.45) is 2.92. The summed E-state index contributed by atoms with van der Waals surface area (Å²) in [6.45, 7) is 3.65. The van der Waals surface area contributed by atoms with E-state index in [1.165, 1.54) is 10.4 Å². The molecule has 0 saturated heterocycles. The van der Waals surface area contributed by atoms with Crippen LogP contribution in [0.1, 0.15) is 29.1 Å². The largest absolute Gasteiger partial charge is 0.494 e. The number of hydrogen-bond acceptors (Lipinski definition) is 3. The molecular formula is C23H23ClN2OS. The topological polar surface area (TPSA) is 27.1 Å². The molecule has 0 radical (unpaired) electrons. The third-order valence-electron chi connectivity index (χ3n) is 4.82. The van der Waals surface area contributed by atoms with Gasteiger partial charge in [0.25, 0.3) is 0 Å². The number of ether oxygens (including phenoxy) is 1. The second-order valence-corrected chi connectivity index (χ2v) is 8.33. The van der Waals surface area contributed by atoms with Crippen LogP contribution in [0.2, 0.25) is 5.02 Å². The number of imidazole rings is 1. The fourth-order valence-electron chi connectivity index (χ4n) is 3.35. The van der Waals surface area contributed by atoms with Crippen LogP contribution in [0.25, 0.3) is 11.0 Å². The highest BCUT2D eigenvalue weighted by Gasteiger charge is 2.11. The van der Waals surface area contributed by atoms with Gasteiger partial charge in [0.05, 0.1) is 17.6 Å². The van der Waals surface area contributed by atoms with E-state index < -0.39 is 0 Å². The van der Waals surface area contributed by atoms with Gasteiger partial charge >= 0.3 is 0 Å². The standard InChI is InChI=1S/C23H23ClN2OS/c1-17-15-18(10-11-20(17)24)27-13-5-4-12-26-22-9-3-2-8-21(22)25-23(26)16-19-7-6-14-28-19/h2-3,6-11,14-15H,4-5,12-13,16H2,1H3. The van der Waals surface area contributed by atoms with E-state index >= 15 is 0 Å². The molecule has 0 aliphatic carbocycles. The van der Waals surface area contributed by atoms with Crippen molar-refractivity contribution in [1.29, 1.82) is 0 Å². The molecule has 0 saturated carbocycles. The molecule has 5 heteroatoms. The van der Waals surface area contributed by atoms with Crippen molar-refractivity contribution >= 4 is 34.0 Å². The monoisotopic (exact) mass is 410 g/mol. The molecule has 2 heterocycles. The number of aryl methyl sites for hydroxylation is 2. The third kappa shape index (κ3) is 4.40. The van der Waals surface area contributed by atoms with Gasteiger partial charge in [0.1, 0.15) is 11.6 Å². The molecule has 0 atom stereocenters. The summed E-state index contributed by atoms with van der Waals surface area (Å²) in [7, 11) is 0. The first kappa shape index (κ1) is 19.0. The zero-order chi connectivity index (χ0) is 19.3. The molecule has 0 bridgehead atoms. The van der Waals surface area contributed by atoms with Crippen LogP contribution in [0.5, 0.6) is 5.75 Å². The van der Waals surface area contributed by atoms with Crippen molar-refractivity contribution in [3.63, 3.8) is 0 Å². The Kier molecular flexibility index (Phi) is 5.98. The molecular weight excluding hydrogens is 388 g/mol. The van der Waals surface area contributed by atoms with Crippen molar-refractivity contribution in [1.82, 2.24) is 9.55 Å². The average molecular weight is 411 g/mol. The van der Waals surface area contributed by atoms with Crippen molar-refractivity contribution < 1.29 is 4.74 Å². The van der Waals surface area contributed by atoms with Crippen molar-refractivity contribution in [3.05, 3.63) is 81.3 Å². The number of thiophene rings is 1. The van der Waals surface area contributed by atoms with Gasteiger partial charge in [-0.3, -0.25) is 0 Å². The van der Waals surface area contributed by atoms with Gasteiger partial charge < -0.3 is 9.30 Å². The predicted octanol–water partition coefficient (Wildman–Crippen LogP) is 6.51. The number of halogens is 1. The molecule has 0 unspecified atom stereocenters. The highest BCUT2D eigenvalue weighted by molar-refractivity contribution is 7.09. The predicted molar refractivity (Wildman–Crippen MR) is 118 cm³/mol. The van der Waals surface area contributed by atoms with Crippen LogP contribution in [0, 0.1) is 6.92 Å². The minimum Gasteiger partial charge on any atom is -0.494 e. The number of nitrogens with zero attached hydrogens (tertiary/aromatic N) is 2. The van der Waals surface area contributed by atoms with Gasteiger partial charge in [0.15, 0.2) is 0 Å². The van der Waals surface area contributed by atoms with Gasteiger partial charge in [-0.05, 0) is 67.1 Å². The molecule has 144 valence electrons. The summed E-state index contributed by atoms with van der Waals surface area (Å²) in [5, 5.41) is 2.90. The Morgan fingerprint density at radius 1 is 1.07 bits per heavy atom. The first-order chi connectivity index (χ1) is 13.7. The minimum atomic E-state index is 0.702. The summed E-state index contributed by atoms with van der Waals surface area (Å²) in [5.74, 6) is 2.02. The second kappa shape index (κ2) is 8.80. The molecule has 2 aromatic heterocycles. The summed E-state index contributed by atoms with van der Waals surface area (Å²) in [5.41, 5.74) is 3.33. The molecule has 4 aromatic rings. The van der Waals surface area contributed by atoms with E-state index in [-0.39, 0.29) is 0 Å². The molecule has 0 N–H and O–H groups in total. The molecule has 0 fully saturated rings. The molecule has 4 rings (SSSR count). The van der Waals surface area contributed by atoms with Crippen molar-refractivity contribution in [2.75, 3.05) is 6.61 Å². The van der Waals surface area contributed by atoms with Crippen LogP contribution in [-0.4, -0.2) is 16.2 Å². The lowest BCUT2D eigenvalue weighted by Crippen LogP contribution is -2.06. The minimum absolute atomic E-state index is 0.702. The smallest absolute Gasteiger partial charge is 0.119 e. The van der Waals surface area contributed by atoms with E-state index in [1.807, 2.05) is 25.1 Å². The molecule has 28 heavy (non-hydrogen) atoms. The van der Waals surface area contributed by atoms with E-state index in [9.17, 15) is 0 Å². The first-order valence-corrected chi connectivity index (χ1v) is 10.8. The van der Waals surface area contributed by atoms with Gasteiger partial charge in [0, 0.05) is 22.9 Å². The lowest BCUT2D eigenvalue weighted by atomic mass is 10.2. The lowest BCUT2D eigenvalue weighted by Gasteiger charge is -2.10. The summed E-state index contributed by atoms with van der Waals surface area (Å²) in [4.78, 5) is 6.22. The van der Waals surface area contributed by atoms with Gasteiger partial charge in [-0.1, -0.05) is 29.8 Å². The highest BCUT2D eigenvalue weighted by atomic mass is 35.5. The molecule has 0 aliphatic heterocycles. The Morgan fingerprint density at radius 3 is 2.79 bits per heavy atom. The Morgan fingerprint density at radius 2 is 1.96 bits per heavy atom. The number of unbranched alkanes of at least 4 members (excludes halogenated alkanes) is 1. The second-order valence-electron chi connectivity index (χ2n) is 6.89. The van der Waals surface area contributed by atoms with Crippen LogP contribution in [0.4, 0.5) is 0 Å². The zero-order valence-electron chi connectivity index (χ0n) is 15.9. The van der Waals surface area contributed by atoms with Crippen LogP contribution in [0.15, 0.2) is 60.0 Å². The third-order valence-corrected chi connectivity index (χ3v) is 6.12. The van der Waals surface area contributed by atoms with Gasteiger partial charge in [-0.2, -0.15) is 0 Å². The van der Waals surface area contributed by atoms with E-state index in [1.54, 1.807) is 11.3 Å². The van der Waals surface area contributed by atoms with Crippen molar-refractivity contribution in [3.8, 4) is 5.75 Å². The highest BCUT2D eigenvalue weighted by Crippen LogP contribution is 2.23. The van der Waals surface area contributed by atoms with E-state index in [4.69, 9.17) is 21.3 Å². The first-order valence-electron chi connectivity index (χ1n) is 9.56. The SMILES string of the molecule is Cc1cc(OCCCCn2c(Cc3cccs3)nc3ccccc32)ccc1Cl. The van der Waals surface area contributed by atoms with E-state index in [0.717, 1.165) is 53.5 Å². The fraction of sp³-hybridized carbons (Fsp3) is 0.261. The van der Waals surface area contributed by atoms with Crippen LogP contribution >= 0.6 is 22.9 Å². The number of hydrogen-bond donors (Lipinski definition) is 0. The van der Waals surface area contributed by atoms with Crippen LogP contribution < -0.4 is 4.74 Å². The number of para-hydroxylation sites is 2. The number of rotatable bonds is 8. The van der Waals surface area contributed by atoms with E-state index in [2.05, 4.69) is 46.3 Å². The maximum atomic E-state index is 6.07. The molecule has 0 spiro atoms. The van der Waals surface area contributed by atoms with E-state index in [0.29, 0.717) is 6.61 Å². The van der Waals surface area contributed by atoms with Crippen molar-refractivity contribution in [2.24, 2.45) is 0 Å². The maximum absolute atomic E-state index is 6.07. The van der Waals surface area contributed by atoms with Gasteiger partial charge in [-0.25, -0.2) is 4.98 Å². The number of fused-ring (bicyclic) bond motifs is 1. The van der Waals surface area contributed by atoms with Crippen LogP contribution in [0.3, 0.4) is 0 Å². The van der Waals surface area contributed by atoms with Crippen molar-refractivity contribution in [2.45, 2.75) is 32.7 Å². The zero-order valence-corrected chi connectivity index (χ0v) is 17.5. The molecule has 0 aliphatic rings. The Hall–Kier alpha value is -2.30. The molecule has 2 aromatic carbocycles. The summed E-state index contributed by atoms with van der Waals surface area (Å²) in [6, 6.07) is 18.5. The average Bonchev–Trinajstić information content (AvgIpc) is 3.32. The van der Waals surface area contributed by atoms with Gasteiger partial charge in [0.2, 0.25) is 0 Å². The Bertz CT molecular complexity index is 1060. The van der Waals surface area contributed by atoms with Gasteiger partial charge in [-0.15, -0.1) is 11.3 Å². The quantitative estimate of drug-likeness (QED) is 0.309. The molecule has 0 amide bonds. The lowest BCUT2D eigenvalue weighted by molar-refractivity contribution is 0.303. The fourth-order valence-corrected chi connectivity index (χ4v) is 4.17. The summed E-state index contributed by atoms with van der Waals surface area (Å²) < 4.78 is 8.24. The number of aromatic nitrogens is 2. The number of benzene rings is 2. The Balaban J connectivity index is 1.39.